The summed E-state index contributed by atoms with van der Waals surface area (Å²) in [5.74, 6) is 0.721. The van der Waals surface area contributed by atoms with Crippen molar-refractivity contribution >= 4 is 0 Å². The van der Waals surface area contributed by atoms with E-state index >= 15 is 0 Å². The maximum Gasteiger partial charge on any atom is 0.0708 e. The summed E-state index contributed by atoms with van der Waals surface area (Å²) in [6.45, 7) is 4.05. The van der Waals surface area contributed by atoms with Crippen LogP contribution in [0.4, 0.5) is 0 Å². The number of hydrogen-bond donors (Lipinski definition) is 1. The highest BCUT2D eigenvalue weighted by Gasteiger charge is 2.40. The highest BCUT2D eigenvalue weighted by atomic mass is 16.5. The third kappa shape index (κ3) is 3.71. The lowest BCUT2D eigenvalue weighted by Crippen LogP contribution is -2.37. The van der Waals surface area contributed by atoms with Crippen LogP contribution in [0.3, 0.4) is 0 Å². The van der Waals surface area contributed by atoms with Crippen molar-refractivity contribution in [3.05, 3.63) is 0 Å². The largest absolute Gasteiger partial charge is 0.381 e. The fraction of sp³-hybridized carbons (Fsp3) is 1.00. The Morgan fingerprint density at radius 3 is 2.63 bits per heavy atom. The fourth-order valence-electron chi connectivity index (χ4n) is 4.02. The second-order valence-electron chi connectivity index (χ2n) is 6.76. The van der Waals surface area contributed by atoms with Crippen molar-refractivity contribution in [3.63, 3.8) is 0 Å². The molecule has 0 aromatic carbocycles. The van der Waals surface area contributed by atoms with Crippen molar-refractivity contribution in [3.8, 4) is 0 Å². The van der Waals surface area contributed by atoms with E-state index in [1.165, 1.54) is 57.8 Å². The molecule has 2 saturated heterocycles. The van der Waals surface area contributed by atoms with E-state index in [4.69, 9.17) is 9.47 Å². The van der Waals surface area contributed by atoms with Crippen molar-refractivity contribution in [2.24, 2.45) is 5.92 Å². The van der Waals surface area contributed by atoms with Gasteiger partial charge < -0.3 is 14.8 Å². The van der Waals surface area contributed by atoms with Gasteiger partial charge in [-0.15, -0.1) is 0 Å². The van der Waals surface area contributed by atoms with E-state index in [2.05, 4.69) is 5.32 Å². The molecule has 0 radical (unpaired) electrons. The summed E-state index contributed by atoms with van der Waals surface area (Å²) in [6.07, 6.45) is 12.3. The topological polar surface area (TPSA) is 30.5 Å². The van der Waals surface area contributed by atoms with Crippen LogP contribution in [0.25, 0.3) is 0 Å². The van der Waals surface area contributed by atoms with Gasteiger partial charge in [0.15, 0.2) is 0 Å². The Labute approximate surface area is 117 Å². The first kappa shape index (κ1) is 13.8. The van der Waals surface area contributed by atoms with Crippen molar-refractivity contribution < 1.29 is 9.47 Å². The van der Waals surface area contributed by atoms with Gasteiger partial charge >= 0.3 is 0 Å². The fourth-order valence-corrected chi connectivity index (χ4v) is 4.02. The summed E-state index contributed by atoms with van der Waals surface area (Å²) in [6, 6.07) is 0. The van der Waals surface area contributed by atoms with Gasteiger partial charge in [-0.3, -0.25) is 0 Å². The Morgan fingerprint density at radius 1 is 0.947 bits per heavy atom. The van der Waals surface area contributed by atoms with Gasteiger partial charge in [0, 0.05) is 19.7 Å². The van der Waals surface area contributed by atoms with Crippen LogP contribution < -0.4 is 5.32 Å². The molecule has 0 aromatic rings. The monoisotopic (exact) mass is 267 g/mol. The molecule has 3 fully saturated rings. The van der Waals surface area contributed by atoms with Gasteiger partial charge in [-0.1, -0.05) is 19.3 Å². The zero-order valence-corrected chi connectivity index (χ0v) is 12.2. The Morgan fingerprint density at radius 2 is 1.84 bits per heavy atom. The molecule has 3 aliphatic rings. The summed E-state index contributed by atoms with van der Waals surface area (Å²) >= 11 is 0. The molecule has 3 rings (SSSR count). The Hall–Kier alpha value is -0.120. The minimum absolute atomic E-state index is 0.276. The maximum absolute atomic E-state index is 6.39. The molecule has 0 aromatic heterocycles. The quantitative estimate of drug-likeness (QED) is 0.849. The van der Waals surface area contributed by atoms with E-state index in [1.54, 1.807) is 0 Å². The van der Waals surface area contributed by atoms with Crippen LogP contribution >= 0.6 is 0 Å². The predicted molar refractivity (Wildman–Crippen MR) is 76.3 cm³/mol. The Bertz CT molecular complexity index is 270. The number of hydrogen-bond acceptors (Lipinski definition) is 3. The van der Waals surface area contributed by atoms with Gasteiger partial charge in [-0.05, 0) is 44.4 Å². The Balaban J connectivity index is 1.35. The second kappa shape index (κ2) is 6.55. The van der Waals surface area contributed by atoms with Crippen molar-refractivity contribution in [2.45, 2.75) is 69.5 Å². The lowest BCUT2D eigenvalue weighted by molar-refractivity contribution is -0.0628. The lowest BCUT2D eigenvalue weighted by Gasteiger charge is -2.33. The molecule has 1 aliphatic carbocycles. The van der Waals surface area contributed by atoms with Gasteiger partial charge in [-0.25, -0.2) is 0 Å². The van der Waals surface area contributed by atoms with Gasteiger partial charge in [0.1, 0.15) is 0 Å². The molecule has 2 unspecified atom stereocenters. The Kier molecular flexibility index (Phi) is 4.78. The van der Waals surface area contributed by atoms with Crippen LogP contribution in [0.2, 0.25) is 0 Å². The summed E-state index contributed by atoms with van der Waals surface area (Å²) in [5, 5.41) is 3.61. The summed E-state index contributed by atoms with van der Waals surface area (Å²) in [5.41, 5.74) is 0.276. The molecule has 0 amide bonds. The number of nitrogens with one attached hydrogen (secondary N) is 1. The summed E-state index contributed by atoms with van der Waals surface area (Å²) in [4.78, 5) is 0. The van der Waals surface area contributed by atoms with E-state index in [-0.39, 0.29) is 5.60 Å². The highest BCUT2D eigenvalue weighted by Crippen LogP contribution is 2.41. The van der Waals surface area contributed by atoms with E-state index in [9.17, 15) is 0 Å². The molecular formula is C16H29NO2. The third-order valence-electron chi connectivity index (χ3n) is 5.16. The van der Waals surface area contributed by atoms with Gasteiger partial charge in [-0.2, -0.15) is 0 Å². The van der Waals surface area contributed by atoms with Gasteiger partial charge in [0.25, 0.3) is 0 Å². The molecule has 19 heavy (non-hydrogen) atoms. The SMILES string of the molecule is C1CCC2(CC1)CCC(CNCC1CCCOC1)O2. The maximum atomic E-state index is 6.39. The molecule has 2 aliphatic heterocycles. The zero-order valence-electron chi connectivity index (χ0n) is 12.2. The average molecular weight is 267 g/mol. The molecule has 3 heteroatoms. The first-order valence-electron chi connectivity index (χ1n) is 8.33. The van der Waals surface area contributed by atoms with E-state index in [0.717, 1.165) is 32.2 Å². The molecule has 0 bridgehead atoms. The molecule has 1 N–H and O–H groups in total. The molecule has 1 saturated carbocycles. The van der Waals surface area contributed by atoms with Crippen LogP contribution in [0.15, 0.2) is 0 Å². The van der Waals surface area contributed by atoms with E-state index in [0.29, 0.717) is 6.10 Å². The normalized spacial score (nSPS) is 34.7. The van der Waals surface area contributed by atoms with Gasteiger partial charge in [0.05, 0.1) is 18.3 Å². The molecule has 110 valence electrons. The number of rotatable bonds is 4. The van der Waals surface area contributed by atoms with Crippen LogP contribution in [0, 0.1) is 5.92 Å². The zero-order chi connectivity index (χ0) is 13.0. The molecule has 1 spiro atoms. The van der Waals surface area contributed by atoms with Crippen molar-refractivity contribution in [1.29, 1.82) is 0 Å². The van der Waals surface area contributed by atoms with Crippen LogP contribution in [-0.4, -0.2) is 38.0 Å². The molecule has 2 atom stereocenters. The van der Waals surface area contributed by atoms with Crippen molar-refractivity contribution in [1.82, 2.24) is 5.32 Å². The van der Waals surface area contributed by atoms with E-state index < -0.39 is 0 Å². The molecule has 3 nitrogen and oxygen atoms in total. The predicted octanol–water partition coefficient (Wildman–Crippen LogP) is 2.88. The molecular weight excluding hydrogens is 238 g/mol. The minimum atomic E-state index is 0.276. The number of ether oxygens (including phenoxy) is 2. The minimum Gasteiger partial charge on any atom is -0.381 e. The first-order valence-corrected chi connectivity index (χ1v) is 8.33. The summed E-state index contributed by atoms with van der Waals surface area (Å²) < 4.78 is 11.9. The standard InChI is InChI=1S/C16H29NO2/c1-2-7-16(8-3-1)9-6-15(19-16)12-17-11-14-5-4-10-18-13-14/h14-15,17H,1-13H2. The second-order valence-corrected chi connectivity index (χ2v) is 6.76. The smallest absolute Gasteiger partial charge is 0.0708 e. The lowest BCUT2D eigenvalue weighted by atomic mass is 9.83. The first-order chi connectivity index (χ1) is 9.36. The third-order valence-corrected chi connectivity index (χ3v) is 5.16. The van der Waals surface area contributed by atoms with E-state index in [1.807, 2.05) is 0 Å². The average Bonchev–Trinajstić information content (AvgIpc) is 2.84. The van der Waals surface area contributed by atoms with Crippen LogP contribution in [0.1, 0.15) is 57.8 Å². The highest BCUT2D eigenvalue weighted by molar-refractivity contribution is 4.91. The molecule has 2 heterocycles. The van der Waals surface area contributed by atoms with Gasteiger partial charge in [0.2, 0.25) is 0 Å². The van der Waals surface area contributed by atoms with Crippen molar-refractivity contribution in [2.75, 3.05) is 26.3 Å². The van der Waals surface area contributed by atoms with Crippen LogP contribution in [-0.2, 0) is 9.47 Å². The summed E-state index contributed by atoms with van der Waals surface area (Å²) in [7, 11) is 0. The van der Waals surface area contributed by atoms with Crippen LogP contribution in [0.5, 0.6) is 0 Å².